The molecule has 0 rings (SSSR count). The van der Waals surface area contributed by atoms with Crippen LogP contribution in [0.3, 0.4) is 0 Å². The van der Waals surface area contributed by atoms with Crippen molar-refractivity contribution in [2.45, 2.75) is 0 Å². The summed E-state index contributed by atoms with van der Waals surface area (Å²) in [6.45, 7) is 0. The Bertz CT molecular complexity index is 1250. The quantitative estimate of drug-likeness (QED) is 0.0540. The van der Waals surface area contributed by atoms with Gasteiger partial charge in [0.05, 0.1) is 0 Å². The molecule has 0 aromatic carbocycles. The largest absolute Gasteiger partial charge is 0 e. The van der Waals surface area contributed by atoms with Gasteiger partial charge in [-0.15, -0.1) is 0 Å². The Balaban J connectivity index is 12.8. The van der Waals surface area contributed by atoms with E-state index in [9.17, 15) is 0 Å². The van der Waals surface area contributed by atoms with Gasteiger partial charge < -0.3 is 0 Å². The van der Waals surface area contributed by atoms with Crippen LogP contribution < -0.4 is 0 Å². The summed E-state index contributed by atoms with van der Waals surface area (Å²) in [6, 6.07) is 0. The standard InChI is InChI=1S/B81/c1-42-63(43(2)3)73(62(40)41)78(72(60(36)37)61(38)39)81(79(74(64(44(4)5)45(6)7)65(46(8)9)47(10)11)75(66(48(12)13)49(14)15)67(50(16)17)51(18)19)80(76(68(52(20)21)53(22)23)69(54(24)25)55(26)27)77(70(56(28)29)57(30)31)71(58(32)33)59(34)35. The molecule has 0 spiro atoms. The van der Waals surface area contributed by atoms with Gasteiger partial charge in [-0.25, -0.2) is 0 Å². The molecule has 81 heteroatoms. The predicted molar refractivity (Wildman–Crippen MR) is 466 cm³/mol. The molecule has 0 saturated carbocycles. The molecule has 0 aliphatic rings. The van der Waals surface area contributed by atoms with E-state index in [0.29, 0.717) is 0 Å². The maximum absolute atomic E-state index is 7.07. The van der Waals surface area contributed by atoms with Crippen molar-refractivity contribution in [2.75, 3.05) is 0 Å². The summed E-state index contributed by atoms with van der Waals surface area (Å²) in [7, 11) is 283. The smallest absolute Gasteiger partial charge is 0 e. The molecule has 0 amide bonds. The van der Waals surface area contributed by atoms with Crippen LogP contribution in [0.15, 0.2) is 0 Å². The van der Waals surface area contributed by atoms with E-state index in [0.717, 1.165) is 7.06 Å². The third-order valence-electron chi connectivity index (χ3n) is 17.1. The zero-order valence-corrected chi connectivity index (χ0v) is 46.8. The Morgan fingerprint density at radius 2 is 0.198 bits per heavy atom. The SMILES string of the molecule is [B][B]B(B([B])[B])B(B([B])[B])B(B(B([B])[B])B([B])[B])B(B(B(B(B([B])[B])B([B])[B])B(B([B])[B])B([B])[B])B(B(B([B])[B])B([B])[B])B(B([B])[B])B([B])[B])B(B(B(B([B])[B])B([B])[B])B(B([B])[B])B([B])[B])B(B(B([B])[B])B([B])[B])B(B([B])[B])B([B])[B]. The van der Waals surface area contributed by atoms with Gasteiger partial charge in [0, 0.05) is 573 Å². The van der Waals surface area contributed by atoms with Gasteiger partial charge >= 0.3 is 0 Å². The Morgan fingerprint density at radius 1 is 0.111 bits per heavy atom. The van der Waals surface area contributed by atoms with E-state index in [1.807, 2.05) is 0 Å². The first kappa shape index (κ1) is 86.3. The average molecular weight is 876 g/mol. The minimum Gasteiger partial charge on any atom is 0 e. The molecule has 0 atom stereocenters. The topological polar surface area (TPSA) is 0 Å². The normalized spacial score (nSPS) is 9.78. The lowest BCUT2D eigenvalue weighted by molar-refractivity contribution is 3.14. The van der Waals surface area contributed by atoms with Gasteiger partial charge in [0.1, 0.15) is 0 Å². The van der Waals surface area contributed by atoms with Gasteiger partial charge in [0.25, 0.3) is 0 Å². The first-order valence-corrected chi connectivity index (χ1v) is 26.7. The molecule has 0 N–H and O–H groups in total. The molecule has 0 bridgehead atoms. The van der Waals surface area contributed by atoms with Crippen molar-refractivity contribution in [3.63, 3.8) is 0 Å². The molecule has 0 aromatic rings. The predicted octanol–water partition coefficient (Wildman–Crippen LogP) is -30.8. The maximum Gasteiger partial charge on any atom is 0 e. The second-order valence-corrected chi connectivity index (χ2v) is 22.7. The Labute approximate surface area is 567 Å². The molecule has 0 aromatic heterocycles. The first-order valence-electron chi connectivity index (χ1n) is 26.7. The summed E-state index contributed by atoms with van der Waals surface area (Å²) >= 11 is 0. The molecular formula is B81. The van der Waals surface area contributed by atoms with E-state index in [2.05, 4.69) is 0 Å². The average Bonchev–Trinajstić information content (AvgIpc) is 3.24. The van der Waals surface area contributed by atoms with Crippen molar-refractivity contribution < 1.29 is 0 Å². The third kappa shape index (κ3) is 23.3. The minimum atomic E-state index is -1.93. The molecule has 0 unspecified atom stereocenters. The van der Waals surface area contributed by atoms with Crippen molar-refractivity contribution in [3.05, 3.63) is 0 Å². The lowest BCUT2D eigenvalue weighted by Crippen LogP contribution is -2.99. The highest BCUT2D eigenvalue weighted by Gasteiger charge is 2.66. The molecule has 0 aliphatic carbocycles. The Kier molecular flexibility index (Phi) is 42.4. The van der Waals surface area contributed by atoms with Crippen molar-refractivity contribution in [1.82, 2.24) is 0 Å². The zero-order valence-electron chi connectivity index (χ0n) is 46.8. The molecule has 0 heterocycles. The lowest BCUT2D eigenvalue weighted by atomic mass is 8.20. The second kappa shape index (κ2) is 39.8. The van der Waals surface area contributed by atoms with Gasteiger partial charge in [-0.3, -0.25) is 0 Å². The Hall–Kier alpha value is 5.26. The van der Waals surface area contributed by atoms with Crippen molar-refractivity contribution >= 4 is 573 Å². The van der Waals surface area contributed by atoms with Crippen LogP contribution in [-0.2, 0) is 0 Å². The van der Waals surface area contributed by atoms with Crippen LogP contribution in [0.25, 0.3) is 0 Å². The molecule has 81 heavy (non-hydrogen) atoms. The fourth-order valence-electron chi connectivity index (χ4n) is 14.4. The van der Waals surface area contributed by atoms with Crippen LogP contribution >= 0.6 is 0 Å². The summed E-state index contributed by atoms with van der Waals surface area (Å²) in [6.07, 6.45) is -65.3. The zero-order chi connectivity index (χ0) is 64.2. The third-order valence-corrected chi connectivity index (χ3v) is 17.1. The van der Waals surface area contributed by atoms with E-state index in [4.69, 9.17) is 317 Å². The van der Waals surface area contributed by atoms with Gasteiger partial charge in [-0.2, -0.15) is 0 Å². The molecular weight excluding hydrogens is 876 g/mol. The fraction of sp³-hybridized carbons (Fsp3) is 0. The summed E-state index contributed by atoms with van der Waals surface area (Å²) in [4.78, 5) is 0. The van der Waals surface area contributed by atoms with Crippen LogP contribution in [0.5, 0.6) is 0 Å². The van der Waals surface area contributed by atoms with Gasteiger partial charge in [-0.1, -0.05) is 0 Å². The molecule has 0 fully saturated rings. The maximum atomic E-state index is 7.07. The van der Waals surface area contributed by atoms with Crippen LogP contribution in [0.4, 0.5) is 0 Å². The summed E-state index contributed by atoms with van der Waals surface area (Å²) in [5.74, 6) is 0. The van der Waals surface area contributed by atoms with E-state index in [1.54, 1.807) is 0 Å². The second-order valence-electron chi connectivity index (χ2n) is 22.7. The van der Waals surface area contributed by atoms with E-state index in [1.165, 1.54) is 0 Å². The highest BCUT2D eigenvalue weighted by atomic mass is 13.5. The Morgan fingerprint density at radius 3 is 0.272 bits per heavy atom. The molecule has 83 radical (unpaired) electrons. The highest BCUT2D eigenvalue weighted by molar-refractivity contribution is 8.41. The van der Waals surface area contributed by atoms with E-state index >= 15 is 0 Å². The van der Waals surface area contributed by atoms with Crippen LogP contribution in [0.2, 0.25) is 0 Å². The summed E-state index contributed by atoms with van der Waals surface area (Å²) in [5, 5.41) is 0. The summed E-state index contributed by atoms with van der Waals surface area (Å²) < 4.78 is 0. The van der Waals surface area contributed by atoms with Crippen LogP contribution in [0.1, 0.15) is 0 Å². The lowest BCUT2D eigenvalue weighted by Gasteiger charge is -2.61. The van der Waals surface area contributed by atoms with Gasteiger partial charge in [-0.05, 0) is 0 Å². The molecule has 0 saturated heterocycles. The molecule has 0 nitrogen and oxygen atoms in total. The minimum absolute atomic E-state index is 1.08. The van der Waals surface area contributed by atoms with Gasteiger partial charge in [0.2, 0.25) is 0 Å². The van der Waals surface area contributed by atoms with Crippen molar-refractivity contribution in [2.24, 2.45) is 0 Å². The van der Waals surface area contributed by atoms with Crippen LogP contribution in [0, 0.1) is 0 Å². The van der Waals surface area contributed by atoms with Gasteiger partial charge in [0.15, 0.2) is 0 Å². The van der Waals surface area contributed by atoms with E-state index < -0.39 is 249 Å². The fourth-order valence-corrected chi connectivity index (χ4v) is 14.4. The van der Waals surface area contributed by atoms with Crippen molar-refractivity contribution in [3.8, 4) is 0 Å². The van der Waals surface area contributed by atoms with Crippen LogP contribution in [-0.4, -0.2) is 573 Å². The number of rotatable bonds is 39. The van der Waals surface area contributed by atoms with E-state index in [-0.39, 0.29) is 0 Å². The number of hydrogen-bond donors (Lipinski definition) is 0. The van der Waals surface area contributed by atoms with Crippen molar-refractivity contribution in [1.29, 1.82) is 0 Å². The summed E-state index contributed by atoms with van der Waals surface area (Å²) in [5.41, 5.74) is 0. The molecule has 0 aliphatic heterocycles. The highest BCUT2D eigenvalue weighted by Crippen LogP contribution is 2.28. The number of hydrogen-bond acceptors (Lipinski definition) is 0. The molecule has 243 valence electrons. The first-order chi connectivity index (χ1) is 36.9. The monoisotopic (exact) mass is 892 g/mol.